The molecule has 0 bridgehead atoms. The van der Waals surface area contributed by atoms with Crippen LogP contribution < -0.4 is 10.1 Å². The monoisotopic (exact) mass is 316 g/mol. The second-order valence-electron chi connectivity index (χ2n) is 5.86. The highest BCUT2D eigenvalue weighted by molar-refractivity contribution is 5.99. The van der Waals surface area contributed by atoms with E-state index < -0.39 is 0 Å². The van der Waals surface area contributed by atoms with Crippen LogP contribution in [0.25, 0.3) is 11.0 Å². The molecule has 1 unspecified atom stereocenters. The number of hydrogen-bond donors (Lipinski definition) is 1. The van der Waals surface area contributed by atoms with E-state index in [2.05, 4.69) is 5.32 Å². The van der Waals surface area contributed by atoms with E-state index in [1.165, 1.54) is 6.92 Å². The number of aryl methyl sites for hydroxylation is 1. The summed E-state index contributed by atoms with van der Waals surface area (Å²) in [5.74, 6) is 0.843. The average molecular weight is 316 g/mol. The fourth-order valence-corrected chi connectivity index (χ4v) is 3.03. The van der Waals surface area contributed by atoms with Crippen LogP contribution >= 0.6 is 0 Å². The molecule has 1 aromatic heterocycles. The van der Waals surface area contributed by atoms with Crippen molar-refractivity contribution < 1.29 is 18.7 Å². The van der Waals surface area contributed by atoms with Gasteiger partial charge in [0.25, 0.3) is 5.91 Å². The Kier molecular flexibility index (Phi) is 3.98. The molecule has 1 aromatic carbocycles. The summed E-state index contributed by atoms with van der Waals surface area (Å²) in [5.41, 5.74) is 1.47. The van der Waals surface area contributed by atoms with Crippen LogP contribution in [-0.2, 0) is 4.79 Å². The van der Waals surface area contributed by atoms with E-state index >= 15 is 0 Å². The molecule has 0 saturated carbocycles. The lowest BCUT2D eigenvalue weighted by atomic mass is 10.1. The Morgan fingerprint density at radius 2 is 2.17 bits per heavy atom. The number of ether oxygens (including phenoxy) is 1. The third kappa shape index (κ3) is 2.88. The molecule has 0 aliphatic carbocycles. The summed E-state index contributed by atoms with van der Waals surface area (Å²) in [6, 6.07) is 5.54. The van der Waals surface area contributed by atoms with Crippen LogP contribution in [-0.4, -0.2) is 43.0 Å². The van der Waals surface area contributed by atoms with Gasteiger partial charge in [-0.3, -0.25) is 9.59 Å². The van der Waals surface area contributed by atoms with Crippen LogP contribution in [0.3, 0.4) is 0 Å². The molecular weight excluding hydrogens is 296 g/mol. The van der Waals surface area contributed by atoms with Crippen LogP contribution in [0.15, 0.2) is 22.6 Å². The van der Waals surface area contributed by atoms with E-state index in [0.717, 1.165) is 17.4 Å². The number of fused-ring (bicyclic) bond motifs is 1. The number of nitrogens with one attached hydrogen (secondary N) is 1. The van der Waals surface area contributed by atoms with Crippen molar-refractivity contribution in [2.75, 3.05) is 20.2 Å². The van der Waals surface area contributed by atoms with Crippen LogP contribution in [0.4, 0.5) is 0 Å². The van der Waals surface area contributed by atoms with E-state index in [9.17, 15) is 9.59 Å². The molecule has 0 radical (unpaired) electrons. The highest BCUT2D eigenvalue weighted by atomic mass is 16.5. The average Bonchev–Trinajstić information content (AvgIpc) is 3.10. The van der Waals surface area contributed by atoms with Gasteiger partial charge < -0.3 is 19.4 Å². The first-order chi connectivity index (χ1) is 11.0. The number of likely N-dealkylation sites (tertiary alicyclic amines) is 1. The van der Waals surface area contributed by atoms with Crippen molar-refractivity contribution in [3.05, 3.63) is 29.5 Å². The lowest BCUT2D eigenvalue weighted by molar-refractivity contribution is -0.119. The molecule has 2 heterocycles. The van der Waals surface area contributed by atoms with Crippen LogP contribution in [0.1, 0.15) is 29.5 Å². The molecule has 1 atom stereocenters. The van der Waals surface area contributed by atoms with Crippen molar-refractivity contribution >= 4 is 22.8 Å². The molecule has 1 saturated heterocycles. The van der Waals surface area contributed by atoms with Crippen molar-refractivity contribution in [1.29, 1.82) is 0 Å². The Hall–Kier alpha value is -2.50. The maximum Gasteiger partial charge on any atom is 0.289 e. The van der Waals surface area contributed by atoms with Gasteiger partial charge in [-0.1, -0.05) is 0 Å². The van der Waals surface area contributed by atoms with Gasteiger partial charge in [-0.15, -0.1) is 0 Å². The summed E-state index contributed by atoms with van der Waals surface area (Å²) >= 11 is 0. The molecule has 1 N–H and O–H groups in total. The molecule has 1 aliphatic rings. The second kappa shape index (κ2) is 5.95. The van der Waals surface area contributed by atoms with Gasteiger partial charge in [-0.2, -0.15) is 0 Å². The van der Waals surface area contributed by atoms with Gasteiger partial charge in [0.1, 0.15) is 11.3 Å². The SMILES string of the molecule is COc1ccc2c(C)c(C(=O)N3CCC(NC(C)=O)C3)oc2c1. The highest BCUT2D eigenvalue weighted by Gasteiger charge is 2.30. The Balaban J connectivity index is 1.84. The Bertz CT molecular complexity index is 765. The van der Waals surface area contributed by atoms with Gasteiger partial charge in [0.05, 0.1) is 7.11 Å². The summed E-state index contributed by atoms with van der Waals surface area (Å²) in [6.45, 7) is 4.50. The number of furan rings is 1. The van der Waals surface area contributed by atoms with Crippen molar-refractivity contribution in [3.8, 4) is 5.75 Å². The molecule has 3 rings (SSSR count). The molecule has 122 valence electrons. The lowest BCUT2D eigenvalue weighted by Gasteiger charge is -2.15. The Morgan fingerprint density at radius 3 is 2.87 bits per heavy atom. The molecule has 2 aromatic rings. The van der Waals surface area contributed by atoms with Gasteiger partial charge in [0, 0.05) is 43.1 Å². The van der Waals surface area contributed by atoms with Crippen LogP contribution in [0.2, 0.25) is 0 Å². The standard InChI is InChI=1S/C17H20N2O4/c1-10-14-5-4-13(22-3)8-15(14)23-16(10)17(21)19-7-6-12(9-19)18-11(2)20/h4-5,8,12H,6-7,9H2,1-3H3,(H,18,20). The lowest BCUT2D eigenvalue weighted by Crippen LogP contribution is -2.37. The van der Waals surface area contributed by atoms with Gasteiger partial charge in [-0.05, 0) is 25.5 Å². The molecule has 6 heteroatoms. The first-order valence-electron chi connectivity index (χ1n) is 7.63. The smallest absolute Gasteiger partial charge is 0.289 e. The van der Waals surface area contributed by atoms with Crippen molar-refractivity contribution in [2.24, 2.45) is 0 Å². The predicted octanol–water partition coefficient (Wildman–Crippen LogP) is 2.10. The minimum absolute atomic E-state index is 0.0150. The van der Waals surface area contributed by atoms with Crippen molar-refractivity contribution in [3.63, 3.8) is 0 Å². The zero-order chi connectivity index (χ0) is 16.6. The number of benzene rings is 1. The van der Waals surface area contributed by atoms with Crippen molar-refractivity contribution in [2.45, 2.75) is 26.3 Å². The molecule has 2 amide bonds. The summed E-state index contributed by atoms with van der Waals surface area (Å²) in [6.07, 6.45) is 0.762. The van der Waals surface area contributed by atoms with Crippen LogP contribution in [0.5, 0.6) is 5.75 Å². The quantitative estimate of drug-likeness (QED) is 0.941. The van der Waals surface area contributed by atoms with E-state index in [1.807, 2.05) is 19.1 Å². The second-order valence-corrected chi connectivity index (χ2v) is 5.86. The largest absolute Gasteiger partial charge is 0.497 e. The maximum atomic E-state index is 12.7. The first kappa shape index (κ1) is 15.4. The number of carbonyl (C=O) groups excluding carboxylic acids is 2. The normalized spacial score (nSPS) is 17.5. The summed E-state index contributed by atoms with van der Waals surface area (Å²) in [5, 5.41) is 3.76. The third-order valence-corrected chi connectivity index (χ3v) is 4.22. The molecule has 6 nitrogen and oxygen atoms in total. The molecule has 1 aliphatic heterocycles. The first-order valence-corrected chi connectivity index (χ1v) is 7.63. The van der Waals surface area contributed by atoms with E-state index in [0.29, 0.717) is 30.2 Å². The van der Waals surface area contributed by atoms with E-state index in [1.54, 1.807) is 18.1 Å². The number of nitrogens with zero attached hydrogens (tertiary/aromatic N) is 1. The number of amides is 2. The molecular formula is C17H20N2O4. The minimum Gasteiger partial charge on any atom is -0.497 e. The van der Waals surface area contributed by atoms with Crippen LogP contribution in [0, 0.1) is 6.92 Å². The van der Waals surface area contributed by atoms with E-state index in [4.69, 9.17) is 9.15 Å². The van der Waals surface area contributed by atoms with Gasteiger partial charge in [-0.25, -0.2) is 0 Å². The molecule has 0 spiro atoms. The van der Waals surface area contributed by atoms with Crippen molar-refractivity contribution in [1.82, 2.24) is 10.2 Å². The summed E-state index contributed by atoms with van der Waals surface area (Å²) < 4.78 is 11.0. The third-order valence-electron chi connectivity index (χ3n) is 4.22. The zero-order valence-corrected chi connectivity index (χ0v) is 13.5. The molecule has 23 heavy (non-hydrogen) atoms. The number of rotatable bonds is 3. The van der Waals surface area contributed by atoms with Gasteiger partial charge in [0.2, 0.25) is 5.91 Å². The van der Waals surface area contributed by atoms with Gasteiger partial charge in [0.15, 0.2) is 5.76 Å². The Labute approximate surface area is 134 Å². The summed E-state index contributed by atoms with van der Waals surface area (Å²) in [7, 11) is 1.59. The fourth-order valence-electron chi connectivity index (χ4n) is 3.03. The van der Waals surface area contributed by atoms with E-state index in [-0.39, 0.29) is 17.9 Å². The Morgan fingerprint density at radius 1 is 1.39 bits per heavy atom. The molecule has 1 fully saturated rings. The fraction of sp³-hybridized carbons (Fsp3) is 0.412. The minimum atomic E-state index is -0.134. The number of carbonyl (C=O) groups is 2. The number of hydrogen-bond acceptors (Lipinski definition) is 4. The predicted molar refractivity (Wildman–Crippen MR) is 85.6 cm³/mol. The summed E-state index contributed by atoms with van der Waals surface area (Å²) in [4.78, 5) is 25.6. The highest BCUT2D eigenvalue weighted by Crippen LogP contribution is 2.30. The zero-order valence-electron chi connectivity index (χ0n) is 13.5. The topological polar surface area (TPSA) is 71.8 Å². The maximum absolute atomic E-state index is 12.7. The van der Waals surface area contributed by atoms with Gasteiger partial charge >= 0.3 is 0 Å². The number of methoxy groups -OCH3 is 1.